The minimum atomic E-state index is -4.37. The fourth-order valence-corrected chi connectivity index (χ4v) is 4.01. The first-order valence-electron chi connectivity index (χ1n) is 10.0. The van der Waals surface area contributed by atoms with Crippen molar-refractivity contribution in [3.8, 4) is 0 Å². The van der Waals surface area contributed by atoms with E-state index in [2.05, 4.69) is 25.6 Å². The van der Waals surface area contributed by atoms with Gasteiger partial charge in [-0.05, 0) is 55.1 Å². The molecule has 11 heteroatoms. The van der Waals surface area contributed by atoms with Gasteiger partial charge in [0.15, 0.2) is 5.65 Å². The number of benzene rings is 1. The first-order chi connectivity index (χ1) is 14.8. The van der Waals surface area contributed by atoms with E-state index in [4.69, 9.17) is 11.6 Å². The molecule has 1 aliphatic rings. The summed E-state index contributed by atoms with van der Waals surface area (Å²) in [5.41, 5.74) is 0.636. The second kappa shape index (κ2) is 8.88. The smallest absolute Gasteiger partial charge is 0.354 e. The van der Waals surface area contributed by atoms with Crippen LogP contribution in [-0.2, 0) is 13.0 Å². The van der Waals surface area contributed by atoms with Gasteiger partial charge in [0.25, 0.3) is 0 Å². The molecule has 0 amide bonds. The summed E-state index contributed by atoms with van der Waals surface area (Å²) >= 11 is 6.01. The zero-order chi connectivity index (χ0) is 22.0. The minimum absolute atomic E-state index is 0.0651. The molecule has 3 heterocycles. The second-order valence-electron chi connectivity index (χ2n) is 7.75. The molecule has 0 bridgehead atoms. The lowest BCUT2D eigenvalue weighted by Crippen LogP contribution is -2.33. The fourth-order valence-electron chi connectivity index (χ4n) is 3.81. The van der Waals surface area contributed by atoms with E-state index in [0.29, 0.717) is 40.2 Å². The Labute approximate surface area is 181 Å². The highest BCUT2D eigenvalue weighted by Crippen LogP contribution is 2.26. The van der Waals surface area contributed by atoms with Gasteiger partial charge in [-0.2, -0.15) is 18.2 Å². The van der Waals surface area contributed by atoms with Crippen molar-refractivity contribution in [2.75, 3.05) is 25.0 Å². The van der Waals surface area contributed by atoms with Gasteiger partial charge in [0, 0.05) is 11.6 Å². The summed E-state index contributed by atoms with van der Waals surface area (Å²) < 4.78 is 40.3. The monoisotopic (exact) mass is 454 g/mol. The van der Waals surface area contributed by atoms with E-state index in [0.717, 1.165) is 25.9 Å². The molecule has 1 atom stereocenters. The molecule has 1 fully saturated rings. The summed E-state index contributed by atoms with van der Waals surface area (Å²) in [5, 5.41) is 6.84. The molecule has 166 valence electrons. The van der Waals surface area contributed by atoms with Crippen LogP contribution in [0.25, 0.3) is 11.2 Å². The molecular formula is C20H22ClF3N6O. The number of piperidine rings is 1. The molecule has 1 saturated heterocycles. The highest BCUT2D eigenvalue weighted by atomic mass is 35.5. The van der Waals surface area contributed by atoms with Gasteiger partial charge in [-0.1, -0.05) is 17.7 Å². The molecule has 4 rings (SSSR count). The molecule has 7 nitrogen and oxygen atoms in total. The number of imidazole rings is 1. The summed E-state index contributed by atoms with van der Waals surface area (Å²) in [6, 6.07) is 4.20. The molecule has 0 aliphatic carbocycles. The predicted molar refractivity (Wildman–Crippen MR) is 113 cm³/mol. The van der Waals surface area contributed by atoms with Gasteiger partial charge < -0.3 is 15.6 Å². The van der Waals surface area contributed by atoms with Crippen LogP contribution in [-0.4, -0.2) is 45.3 Å². The molecule has 0 radical (unpaired) electrons. The van der Waals surface area contributed by atoms with Crippen LogP contribution in [0.4, 0.5) is 19.1 Å². The van der Waals surface area contributed by atoms with Gasteiger partial charge >= 0.3 is 11.9 Å². The number of aromatic nitrogens is 4. The number of H-pyrrole nitrogens is 1. The van der Waals surface area contributed by atoms with Gasteiger partial charge in [-0.25, -0.2) is 9.78 Å². The molecule has 0 saturated carbocycles. The fraction of sp³-hybridized carbons (Fsp3) is 0.450. The molecular weight excluding hydrogens is 433 g/mol. The van der Waals surface area contributed by atoms with Crippen LogP contribution in [0.2, 0.25) is 5.02 Å². The lowest BCUT2D eigenvalue weighted by atomic mass is 10.00. The summed E-state index contributed by atoms with van der Waals surface area (Å²) in [7, 11) is 0. The minimum Gasteiger partial charge on any atom is -0.354 e. The number of nitrogens with one attached hydrogen (secondary N) is 3. The van der Waals surface area contributed by atoms with Crippen molar-refractivity contribution >= 4 is 28.7 Å². The highest BCUT2D eigenvalue weighted by molar-refractivity contribution is 6.30. The molecule has 0 spiro atoms. The van der Waals surface area contributed by atoms with Crippen LogP contribution in [0, 0.1) is 5.92 Å². The van der Waals surface area contributed by atoms with Crippen molar-refractivity contribution in [2.45, 2.75) is 32.0 Å². The van der Waals surface area contributed by atoms with Crippen molar-refractivity contribution in [1.82, 2.24) is 24.8 Å². The number of halogens is 4. The summed E-state index contributed by atoms with van der Waals surface area (Å²) in [6.07, 6.45) is -1.76. The Kier molecular flexibility index (Phi) is 6.19. The van der Waals surface area contributed by atoms with Crippen LogP contribution in [0.15, 0.2) is 29.2 Å². The van der Waals surface area contributed by atoms with Gasteiger partial charge in [-0.15, -0.1) is 0 Å². The lowest BCUT2D eigenvalue weighted by Gasteiger charge is -2.22. The van der Waals surface area contributed by atoms with E-state index in [1.165, 1.54) is 29.0 Å². The summed E-state index contributed by atoms with van der Waals surface area (Å²) in [5.74, 6) is 0.824. The average Bonchev–Trinajstić information content (AvgIpc) is 3.03. The van der Waals surface area contributed by atoms with E-state index in [9.17, 15) is 18.0 Å². The van der Waals surface area contributed by atoms with Crippen LogP contribution >= 0.6 is 11.6 Å². The zero-order valence-corrected chi connectivity index (χ0v) is 17.4. The van der Waals surface area contributed by atoms with Crippen LogP contribution in [0.1, 0.15) is 24.0 Å². The van der Waals surface area contributed by atoms with Crippen LogP contribution in [0.3, 0.4) is 0 Å². The van der Waals surface area contributed by atoms with Gasteiger partial charge in [0.2, 0.25) is 5.95 Å². The Morgan fingerprint density at radius 2 is 2.13 bits per heavy atom. The molecule has 1 aromatic carbocycles. The number of anilines is 1. The summed E-state index contributed by atoms with van der Waals surface area (Å²) in [6.45, 7) is 2.54. The van der Waals surface area contributed by atoms with Crippen molar-refractivity contribution in [2.24, 2.45) is 5.92 Å². The molecule has 2 aromatic heterocycles. The van der Waals surface area contributed by atoms with Gasteiger partial charge in [0.1, 0.15) is 5.52 Å². The Bertz CT molecular complexity index is 1120. The van der Waals surface area contributed by atoms with E-state index in [1.807, 2.05) is 0 Å². The molecule has 3 N–H and O–H groups in total. The molecule has 3 aromatic rings. The van der Waals surface area contributed by atoms with Crippen molar-refractivity contribution in [3.05, 3.63) is 51.0 Å². The number of rotatable bonds is 6. The van der Waals surface area contributed by atoms with Crippen LogP contribution < -0.4 is 16.3 Å². The third-order valence-electron chi connectivity index (χ3n) is 5.35. The van der Waals surface area contributed by atoms with E-state index < -0.39 is 18.3 Å². The number of hydrogen-bond donors (Lipinski definition) is 3. The maximum Gasteiger partial charge on any atom is 0.393 e. The normalized spacial score (nSPS) is 17.2. The van der Waals surface area contributed by atoms with E-state index >= 15 is 0 Å². The third-order valence-corrected chi connectivity index (χ3v) is 5.58. The highest BCUT2D eigenvalue weighted by Gasteiger charge is 2.29. The number of aromatic amines is 1. The predicted octanol–water partition coefficient (Wildman–Crippen LogP) is 3.34. The molecule has 0 unspecified atom stereocenters. The van der Waals surface area contributed by atoms with Crippen molar-refractivity contribution in [3.63, 3.8) is 0 Å². The average molecular weight is 455 g/mol. The second-order valence-corrected chi connectivity index (χ2v) is 8.18. The maximum absolute atomic E-state index is 13.0. The number of alkyl halides is 3. The largest absolute Gasteiger partial charge is 0.393 e. The van der Waals surface area contributed by atoms with E-state index in [-0.39, 0.29) is 12.1 Å². The Balaban J connectivity index is 1.61. The van der Waals surface area contributed by atoms with Crippen molar-refractivity contribution < 1.29 is 13.2 Å². The van der Waals surface area contributed by atoms with Crippen molar-refractivity contribution in [1.29, 1.82) is 0 Å². The number of nitrogens with zero attached hydrogens (tertiary/aromatic N) is 3. The Morgan fingerprint density at radius 1 is 1.29 bits per heavy atom. The topological polar surface area (TPSA) is 87.6 Å². The Hall–Kier alpha value is -2.59. The third kappa shape index (κ3) is 5.37. The summed E-state index contributed by atoms with van der Waals surface area (Å²) in [4.78, 5) is 23.8. The molecule has 1 aliphatic heterocycles. The van der Waals surface area contributed by atoms with Crippen LogP contribution in [0.5, 0.6) is 0 Å². The first kappa shape index (κ1) is 21.6. The lowest BCUT2D eigenvalue weighted by molar-refractivity contribution is -0.127. The zero-order valence-electron chi connectivity index (χ0n) is 16.6. The molecule has 31 heavy (non-hydrogen) atoms. The quantitative estimate of drug-likeness (QED) is 0.531. The number of fused-ring (bicyclic) bond motifs is 1. The number of hydrogen-bond acceptors (Lipinski definition) is 5. The standard InChI is InChI=1S/C20H22ClF3N6O/c21-15-4-3-13(7-20(22,23)24)14(6-15)11-30-17-16(28-19(30)31)10-27-18(29-17)26-9-12-2-1-5-25-8-12/h3-4,6,10,12,25H,1-2,5,7-9,11H2,(H,28,31)(H,26,27,29)/t12-/m0/s1. The van der Waals surface area contributed by atoms with Gasteiger partial charge in [0.05, 0.1) is 19.2 Å². The van der Waals surface area contributed by atoms with E-state index in [1.54, 1.807) is 0 Å². The Morgan fingerprint density at radius 3 is 2.87 bits per heavy atom. The maximum atomic E-state index is 13.0. The van der Waals surface area contributed by atoms with Gasteiger partial charge in [-0.3, -0.25) is 4.57 Å². The first-order valence-corrected chi connectivity index (χ1v) is 10.4. The SMILES string of the molecule is O=c1[nH]c2cnc(NC[C@H]3CCCNC3)nc2n1Cc1cc(Cl)ccc1CC(F)(F)F.